The third-order valence-electron chi connectivity index (χ3n) is 4.29. The fourth-order valence-corrected chi connectivity index (χ4v) is 3.03. The largest absolute Gasteiger partial charge is 0.349 e. The van der Waals surface area contributed by atoms with Gasteiger partial charge >= 0.3 is 0 Å². The quantitative estimate of drug-likeness (QED) is 0.892. The van der Waals surface area contributed by atoms with E-state index in [0.29, 0.717) is 23.0 Å². The molecule has 0 saturated carbocycles. The van der Waals surface area contributed by atoms with Crippen molar-refractivity contribution in [2.75, 3.05) is 6.54 Å². The Morgan fingerprint density at radius 1 is 1.42 bits per heavy atom. The van der Waals surface area contributed by atoms with Crippen LogP contribution in [-0.4, -0.2) is 34.3 Å². The van der Waals surface area contributed by atoms with Gasteiger partial charge in [-0.25, -0.2) is 9.07 Å². The number of halogens is 2. The van der Waals surface area contributed by atoms with Crippen molar-refractivity contribution in [3.63, 3.8) is 0 Å². The number of aromatic nitrogens is 2. The van der Waals surface area contributed by atoms with Gasteiger partial charge in [-0.3, -0.25) is 4.79 Å². The molecule has 1 saturated heterocycles. The van der Waals surface area contributed by atoms with Crippen LogP contribution in [0.15, 0.2) is 30.5 Å². The lowest BCUT2D eigenvalue weighted by Crippen LogP contribution is -2.46. The zero-order valence-electron chi connectivity index (χ0n) is 13.8. The number of hydrogen-bond donors (Lipinski definition) is 2. The number of carbonyl (C=O) groups is 1. The number of nitrogens with one attached hydrogen (secondary N) is 2. The van der Waals surface area contributed by atoms with Gasteiger partial charge < -0.3 is 10.6 Å². The topological polar surface area (TPSA) is 59.0 Å². The van der Waals surface area contributed by atoms with Gasteiger partial charge in [0.1, 0.15) is 11.5 Å². The first-order chi connectivity index (χ1) is 11.1. The molecule has 24 heavy (non-hydrogen) atoms. The number of para-hydroxylation sites is 1. The van der Waals surface area contributed by atoms with Crippen LogP contribution in [0.25, 0.3) is 5.69 Å². The summed E-state index contributed by atoms with van der Waals surface area (Å²) in [6.07, 6.45) is 3.32. The van der Waals surface area contributed by atoms with E-state index in [0.717, 1.165) is 19.4 Å². The van der Waals surface area contributed by atoms with Crippen molar-refractivity contribution in [3.8, 4) is 5.69 Å². The molecule has 1 aromatic carbocycles. The first kappa shape index (κ1) is 18.4. The Hall–Kier alpha value is -1.92. The standard InChI is InChI=1S/C17H21FN4O.ClH/c1-11-9-13(7-8-19-11)21-17(23)14-10-20-22(12(14)2)16-6-4-3-5-15(16)18;/h3-6,10-11,13,19H,7-9H2,1-2H3,(H,21,23);1H. The van der Waals surface area contributed by atoms with E-state index in [1.807, 2.05) is 0 Å². The highest BCUT2D eigenvalue weighted by Crippen LogP contribution is 2.17. The monoisotopic (exact) mass is 352 g/mol. The van der Waals surface area contributed by atoms with Crippen LogP contribution < -0.4 is 10.6 Å². The summed E-state index contributed by atoms with van der Waals surface area (Å²) in [6, 6.07) is 6.96. The molecular weight excluding hydrogens is 331 g/mol. The van der Waals surface area contributed by atoms with Crippen LogP contribution >= 0.6 is 12.4 Å². The fourth-order valence-electron chi connectivity index (χ4n) is 3.03. The lowest BCUT2D eigenvalue weighted by molar-refractivity contribution is 0.0925. The van der Waals surface area contributed by atoms with Crippen molar-refractivity contribution < 1.29 is 9.18 Å². The van der Waals surface area contributed by atoms with E-state index in [-0.39, 0.29) is 30.2 Å². The van der Waals surface area contributed by atoms with Gasteiger partial charge in [0.05, 0.1) is 17.5 Å². The molecule has 0 spiro atoms. The normalized spacial score (nSPS) is 20.3. The summed E-state index contributed by atoms with van der Waals surface area (Å²) in [5.74, 6) is -0.512. The molecule has 5 nitrogen and oxygen atoms in total. The number of hydrogen-bond acceptors (Lipinski definition) is 3. The second-order valence-electron chi connectivity index (χ2n) is 6.06. The molecule has 2 unspecified atom stereocenters. The highest BCUT2D eigenvalue weighted by Gasteiger charge is 2.23. The average Bonchev–Trinajstić information content (AvgIpc) is 2.89. The van der Waals surface area contributed by atoms with E-state index in [1.54, 1.807) is 25.1 Å². The first-order valence-electron chi connectivity index (χ1n) is 7.90. The van der Waals surface area contributed by atoms with E-state index >= 15 is 0 Å². The Labute approximate surface area is 147 Å². The Morgan fingerprint density at radius 2 is 2.17 bits per heavy atom. The fraction of sp³-hybridized carbons (Fsp3) is 0.412. The minimum atomic E-state index is -0.363. The van der Waals surface area contributed by atoms with Crippen LogP contribution in [0, 0.1) is 12.7 Å². The predicted molar refractivity (Wildman–Crippen MR) is 93.5 cm³/mol. The number of benzene rings is 1. The third kappa shape index (κ3) is 3.76. The van der Waals surface area contributed by atoms with Crippen molar-refractivity contribution in [1.29, 1.82) is 0 Å². The third-order valence-corrected chi connectivity index (χ3v) is 4.29. The van der Waals surface area contributed by atoms with Crippen molar-refractivity contribution in [1.82, 2.24) is 20.4 Å². The minimum absolute atomic E-state index is 0. The maximum atomic E-state index is 13.9. The van der Waals surface area contributed by atoms with E-state index in [4.69, 9.17) is 0 Å². The molecule has 1 aromatic heterocycles. The molecule has 1 fully saturated rings. The SMILES string of the molecule is Cc1c(C(=O)NC2CCNC(C)C2)cnn1-c1ccccc1F.Cl. The molecule has 0 aliphatic carbocycles. The van der Waals surface area contributed by atoms with Crippen molar-refractivity contribution in [2.45, 2.75) is 38.8 Å². The van der Waals surface area contributed by atoms with Gasteiger partial charge in [-0.2, -0.15) is 5.10 Å². The molecular formula is C17H22ClFN4O. The summed E-state index contributed by atoms with van der Waals surface area (Å²) in [6.45, 7) is 4.79. The highest BCUT2D eigenvalue weighted by molar-refractivity contribution is 5.95. The van der Waals surface area contributed by atoms with Crippen LogP contribution in [0.4, 0.5) is 4.39 Å². The van der Waals surface area contributed by atoms with Gasteiger partial charge in [0, 0.05) is 12.1 Å². The molecule has 2 N–H and O–H groups in total. The molecule has 2 heterocycles. The van der Waals surface area contributed by atoms with E-state index < -0.39 is 0 Å². The molecule has 3 rings (SSSR count). The first-order valence-corrected chi connectivity index (χ1v) is 7.90. The lowest BCUT2D eigenvalue weighted by atomic mass is 10.0. The lowest BCUT2D eigenvalue weighted by Gasteiger charge is -2.28. The molecule has 2 atom stereocenters. The van der Waals surface area contributed by atoms with Crippen molar-refractivity contribution in [3.05, 3.63) is 47.5 Å². The molecule has 1 amide bonds. The van der Waals surface area contributed by atoms with Gasteiger partial charge in [-0.05, 0) is 45.4 Å². The van der Waals surface area contributed by atoms with Crippen LogP contribution in [-0.2, 0) is 0 Å². The van der Waals surface area contributed by atoms with E-state index in [9.17, 15) is 9.18 Å². The molecule has 1 aliphatic rings. The smallest absolute Gasteiger partial charge is 0.254 e. The summed E-state index contributed by atoms with van der Waals surface area (Å²) in [5, 5.41) is 10.6. The summed E-state index contributed by atoms with van der Waals surface area (Å²) in [7, 11) is 0. The Kier molecular flexibility index (Phi) is 5.96. The van der Waals surface area contributed by atoms with Crippen LogP contribution in [0.1, 0.15) is 35.8 Å². The zero-order valence-corrected chi connectivity index (χ0v) is 14.6. The summed E-state index contributed by atoms with van der Waals surface area (Å²) >= 11 is 0. The molecule has 130 valence electrons. The predicted octanol–water partition coefficient (Wildman–Crippen LogP) is 2.61. The van der Waals surface area contributed by atoms with Gasteiger partial charge in [0.2, 0.25) is 0 Å². The molecule has 1 aliphatic heterocycles. The molecule has 7 heteroatoms. The van der Waals surface area contributed by atoms with Crippen LogP contribution in [0.2, 0.25) is 0 Å². The minimum Gasteiger partial charge on any atom is -0.349 e. The second kappa shape index (κ2) is 7.77. The summed E-state index contributed by atoms with van der Waals surface area (Å²) in [4.78, 5) is 12.5. The van der Waals surface area contributed by atoms with Crippen molar-refractivity contribution in [2.24, 2.45) is 0 Å². The maximum absolute atomic E-state index is 13.9. The number of carbonyl (C=O) groups excluding carboxylic acids is 1. The highest BCUT2D eigenvalue weighted by atomic mass is 35.5. The van der Waals surface area contributed by atoms with E-state index in [1.165, 1.54) is 16.9 Å². The average molecular weight is 353 g/mol. The van der Waals surface area contributed by atoms with Gasteiger partial charge in [-0.1, -0.05) is 12.1 Å². The number of piperidine rings is 1. The Balaban J connectivity index is 0.00000208. The van der Waals surface area contributed by atoms with Crippen LogP contribution in [0.3, 0.4) is 0 Å². The number of amides is 1. The maximum Gasteiger partial charge on any atom is 0.254 e. The zero-order chi connectivity index (χ0) is 16.4. The van der Waals surface area contributed by atoms with Gasteiger partial charge in [0.25, 0.3) is 5.91 Å². The number of nitrogens with zero attached hydrogens (tertiary/aromatic N) is 2. The second-order valence-corrected chi connectivity index (χ2v) is 6.06. The van der Waals surface area contributed by atoms with Gasteiger partial charge in [-0.15, -0.1) is 12.4 Å². The van der Waals surface area contributed by atoms with Crippen LogP contribution in [0.5, 0.6) is 0 Å². The molecule has 2 aromatic rings. The van der Waals surface area contributed by atoms with E-state index in [2.05, 4.69) is 22.7 Å². The Bertz CT molecular complexity index is 718. The van der Waals surface area contributed by atoms with Crippen molar-refractivity contribution >= 4 is 18.3 Å². The Morgan fingerprint density at radius 3 is 2.88 bits per heavy atom. The summed E-state index contributed by atoms with van der Waals surface area (Å²) < 4.78 is 15.4. The number of rotatable bonds is 3. The molecule has 0 bridgehead atoms. The molecule has 0 radical (unpaired) electrons. The summed E-state index contributed by atoms with van der Waals surface area (Å²) in [5.41, 5.74) is 1.47. The van der Waals surface area contributed by atoms with Gasteiger partial charge in [0.15, 0.2) is 0 Å².